The van der Waals surface area contributed by atoms with Crippen LogP contribution in [0.3, 0.4) is 0 Å². The molecule has 9 rings (SSSR count). The van der Waals surface area contributed by atoms with E-state index in [0.717, 1.165) is 78.0 Å². The van der Waals surface area contributed by atoms with Crippen LogP contribution in [0.25, 0.3) is 89.2 Å². The van der Waals surface area contributed by atoms with Crippen molar-refractivity contribution in [1.82, 2.24) is 19.9 Å². The Morgan fingerprint density at radius 3 is 1.59 bits per heavy atom. The molecule has 0 bridgehead atoms. The summed E-state index contributed by atoms with van der Waals surface area (Å²) in [6, 6.07) is 59.4. The number of aryl methyl sites for hydroxylation is 1. The van der Waals surface area contributed by atoms with Gasteiger partial charge in [-0.25, -0.2) is 15.0 Å². The van der Waals surface area contributed by atoms with Crippen molar-refractivity contribution in [3.05, 3.63) is 181 Å². The molecule has 0 saturated carbocycles. The van der Waals surface area contributed by atoms with Crippen molar-refractivity contribution >= 4 is 21.8 Å². The molecule has 0 saturated heterocycles. The van der Waals surface area contributed by atoms with E-state index in [1.165, 1.54) is 16.7 Å². The quantitative estimate of drug-likeness (QED) is 0.156. The molecular formula is C50H38N4. The van der Waals surface area contributed by atoms with Crippen LogP contribution in [0.1, 0.15) is 31.0 Å². The highest BCUT2D eigenvalue weighted by Gasteiger charge is 2.14. The lowest BCUT2D eigenvalue weighted by Gasteiger charge is -2.12. The van der Waals surface area contributed by atoms with Crippen LogP contribution in [0.5, 0.6) is 0 Å². The summed E-state index contributed by atoms with van der Waals surface area (Å²) in [5.41, 5.74) is 15.7. The van der Waals surface area contributed by atoms with Gasteiger partial charge in [0.1, 0.15) is 0 Å². The lowest BCUT2D eigenvalue weighted by molar-refractivity contribution is 0.828. The average molecular weight is 695 g/mol. The molecule has 9 aromatic rings. The first-order valence-corrected chi connectivity index (χ1v) is 18.5. The normalized spacial score (nSPS) is 11.4. The zero-order valence-electron chi connectivity index (χ0n) is 30.5. The Bertz CT molecular complexity index is 2770. The maximum Gasteiger partial charge on any atom is 0.160 e. The van der Waals surface area contributed by atoms with Gasteiger partial charge < -0.3 is 0 Å². The maximum atomic E-state index is 5.21. The van der Waals surface area contributed by atoms with Crippen molar-refractivity contribution in [2.75, 3.05) is 0 Å². The van der Waals surface area contributed by atoms with Gasteiger partial charge in [-0.2, -0.15) is 0 Å². The summed E-state index contributed by atoms with van der Waals surface area (Å²) in [5.74, 6) is 1.03. The van der Waals surface area contributed by atoms with E-state index in [2.05, 4.69) is 166 Å². The summed E-state index contributed by atoms with van der Waals surface area (Å²) >= 11 is 0. The Labute approximate surface area is 315 Å². The first-order valence-electron chi connectivity index (χ1n) is 18.5. The molecule has 4 nitrogen and oxygen atoms in total. The fourth-order valence-corrected chi connectivity index (χ4v) is 7.14. The zero-order valence-corrected chi connectivity index (χ0v) is 30.5. The third-order valence-corrected chi connectivity index (χ3v) is 10.2. The van der Waals surface area contributed by atoms with E-state index in [0.29, 0.717) is 11.7 Å². The Morgan fingerprint density at radius 1 is 0.370 bits per heavy atom. The van der Waals surface area contributed by atoms with Crippen molar-refractivity contribution in [2.24, 2.45) is 0 Å². The zero-order chi connectivity index (χ0) is 36.6. The fraction of sp³-hybridized carbons (Fsp3) is 0.0800. The number of benzene rings is 6. The molecule has 4 heteroatoms. The molecule has 0 unspecified atom stereocenters. The van der Waals surface area contributed by atoms with E-state index in [4.69, 9.17) is 19.9 Å². The van der Waals surface area contributed by atoms with Crippen molar-refractivity contribution in [3.63, 3.8) is 0 Å². The molecular weight excluding hydrogens is 657 g/mol. The molecule has 6 aromatic carbocycles. The Hall–Kier alpha value is -6.78. The standard InChI is InChI=1S/C50H38N4/c1-32(2)45-29-33(3)43-27-25-39-26-28-44(51-48(39)49(43)52-45)42-16-10-15-41(30-42)36-19-23-40(24-20-36)50-53-46(37-13-8-5-9-14-37)31-47(54-50)38-21-17-35(18-22-38)34-11-6-4-7-12-34/h4-32H,1-3H3. The van der Waals surface area contributed by atoms with E-state index in [-0.39, 0.29) is 0 Å². The number of hydrogen-bond donors (Lipinski definition) is 0. The van der Waals surface area contributed by atoms with Crippen LogP contribution in [-0.2, 0) is 0 Å². The van der Waals surface area contributed by atoms with Gasteiger partial charge in [0.15, 0.2) is 5.82 Å². The van der Waals surface area contributed by atoms with Gasteiger partial charge in [-0.1, -0.05) is 159 Å². The van der Waals surface area contributed by atoms with Gasteiger partial charge in [-0.05, 0) is 64.9 Å². The number of hydrogen-bond acceptors (Lipinski definition) is 4. The first-order chi connectivity index (χ1) is 26.5. The number of nitrogens with zero attached hydrogens (tertiary/aromatic N) is 4. The molecule has 0 spiro atoms. The van der Waals surface area contributed by atoms with Gasteiger partial charge in [0, 0.05) is 38.7 Å². The van der Waals surface area contributed by atoms with E-state index in [1.54, 1.807) is 0 Å². The smallest absolute Gasteiger partial charge is 0.160 e. The molecule has 0 aliphatic heterocycles. The first kappa shape index (κ1) is 33.1. The monoisotopic (exact) mass is 694 g/mol. The van der Waals surface area contributed by atoms with Crippen molar-refractivity contribution in [2.45, 2.75) is 26.7 Å². The second-order valence-electron chi connectivity index (χ2n) is 14.2. The van der Waals surface area contributed by atoms with Gasteiger partial charge in [-0.15, -0.1) is 0 Å². The number of rotatable bonds is 7. The Kier molecular flexibility index (Phi) is 8.57. The minimum atomic E-state index is 0.341. The molecule has 0 fully saturated rings. The molecule has 54 heavy (non-hydrogen) atoms. The lowest BCUT2D eigenvalue weighted by atomic mass is 9.99. The third-order valence-electron chi connectivity index (χ3n) is 10.2. The largest absolute Gasteiger partial charge is 0.250 e. The Balaban J connectivity index is 1.06. The summed E-state index contributed by atoms with van der Waals surface area (Å²) < 4.78 is 0. The average Bonchev–Trinajstić information content (AvgIpc) is 3.24. The van der Waals surface area contributed by atoms with Crippen molar-refractivity contribution in [1.29, 1.82) is 0 Å². The van der Waals surface area contributed by atoms with Gasteiger partial charge in [0.25, 0.3) is 0 Å². The van der Waals surface area contributed by atoms with Crippen LogP contribution in [0.4, 0.5) is 0 Å². The highest BCUT2D eigenvalue weighted by atomic mass is 14.9. The molecule has 258 valence electrons. The van der Waals surface area contributed by atoms with E-state index < -0.39 is 0 Å². The Morgan fingerprint density at radius 2 is 0.907 bits per heavy atom. The molecule has 0 aliphatic rings. The van der Waals surface area contributed by atoms with E-state index in [1.807, 2.05) is 24.3 Å². The van der Waals surface area contributed by atoms with E-state index in [9.17, 15) is 0 Å². The third kappa shape index (κ3) is 6.44. The summed E-state index contributed by atoms with van der Waals surface area (Å²) in [5, 5.41) is 2.24. The van der Waals surface area contributed by atoms with Crippen LogP contribution in [0.15, 0.2) is 170 Å². The summed E-state index contributed by atoms with van der Waals surface area (Å²) in [6.07, 6.45) is 0. The van der Waals surface area contributed by atoms with Crippen LogP contribution >= 0.6 is 0 Å². The number of fused-ring (bicyclic) bond motifs is 3. The van der Waals surface area contributed by atoms with Crippen LogP contribution in [0, 0.1) is 6.92 Å². The molecule has 3 heterocycles. The van der Waals surface area contributed by atoms with Crippen LogP contribution < -0.4 is 0 Å². The van der Waals surface area contributed by atoms with Gasteiger partial charge in [0.05, 0.1) is 28.1 Å². The minimum absolute atomic E-state index is 0.341. The summed E-state index contributed by atoms with van der Waals surface area (Å²) in [6.45, 7) is 6.54. The van der Waals surface area contributed by atoms with Gasteiger partial charge >= 0.3 is 0 Å². The number of aromatic nitrogens is 4. The van der Waals surface area contributed by atoms with Crippen LogP contribution in [-0.4, -0.2) is 19.9 Å². The summed E-state index contributed by atoms with van der Waals surface area (Å²) in [4.78, 5) is 20.5. The molecule has 0 atom stereocenters. The highest BCUT2D eigenvalue weighted by molar-refractivity contribution is 6.04. The second kappa shape index (κ2) is 14.0. The van der Waals surface area contributed by atoms with E-state index >= 15 is 0 Å². The predicted molar refractivity (Wildman–Crippen MR) is 224 cm³/mol. The molecule has 0 amide bonds. The maximum absolute atomic E-state index is 5.21. The second-order valence-corrected chi connectivity index (χ2v) is 14.2. The van der Waals surface area contributed by atoms with Crippen molar-refractivity contribution < 1.29 is 0 Å². The molecule has 0 N–H and O–H groups in total. The minimum Gasteiger partial charge on any atom is -0.250 e. The molecule has 3 aromatic heterocycles. The topological polar surface area (TPSA) is 51.6 Å². The molecule has 0 aliphatic carbocycles. The highest BCUT2D eigenvalue weighted by Crippen LogP contribution is 2.33. The van der Waals surface area contributed by atoms with Crippen molar-refractivity contribution in [3.8, 4) is 67.4 Å². The SMILES string of the molecule is Cc1cc(C(C)C)nc2c1ccc1ccc(-c3cccc(-c4ccc(-c5nc(-c6ccccc6)cc(-c6ccc(-c7ccccc7)cc6)n5)cc4)c3)nc12. The summed E-state index contributed by atoms with van der Waals surface area (Å²) in [7, 11) is 0. The van der Waals surface area contributed by atoms with Gasteiger partial charge in [0.2, 0.25) is 0 Å². The van der Waals surface area contributed by atoms with Crippen LogP contribution in [0.2, 0.25) is 0 Å². The lowest BCUT2D eigenvalue weighted by Crippen LogP contribution is -1.97. The fourth-order valence-electron chi connectivity index (χ4n) is 7.14. The predicted octanol–water partition coefficient (Wildman–Crippen LogP) is 13.0. The number of pyridine rings is 2. The van der Waals surface area contributed by atoms with Gasteiger partial charge in [-0.3, -0.25) is 4.98 Å². The molecule has 0 radical (unpaired) electrons.